The van der Waals surface area contributed by atoms with Gasteiger partial charge in [0, 0.05) is 6.07 Å². The van der Waals surface area contributed by atoms with E-state index in [0.29, 0.717) is 5.75 Å². The molecule has 0 fully saturated rings. The first-order valence-electron chi connectivity index (χ1n) is 7.69. The molecule has 0 spiro atoms. The molecule has 118 valence electrons. The van der Waals surface area contributed by atoms with Crippen molar-refractivity contribution in [3.63, 3.8) is 0 Å². The summed E-state index contributed by atoms with van der Waals surface area (Å²) in [7, 11) is 0. The van der Waals surface area contributed by atoms with E-state index in [9.17, 15) is 5.11 Å². The lowest BCUT2D eigenvalue weighted by molar-refractivity contribution is 0.130. The van der Waals surface area contributed by atoms with E-state index in [1.165, 1.54) is 5.56 Å². The summed E-state index contributed by atoms with van der Waals surface area (Å²) in [4.78, 5) is 0. The average Bonchev–Trinajstić information content (AvgIpc) is 2.35. The second-order valence-electron chi connectivity index (χ2n) is 7.76. The van der Waals surface area contributed by atoms with Crippen LogP contribution in [-0.2, 0) is 5.41 Å². The second-order valence-corrected chi connectivity index (χ2v) is 7.76. The molecule has 2 rings (SSSR count). The van der Waals surface area contributed by atoms with Crippen LogP contribution in [0.3, 0.4) is 0 Å². The summed E-state index contributed by atoms with van der Waals surface area (Å²) in [5.74, 6) is 0.902. The maximum absolute atomic E-state index is 9.96. The van der Waals surface area contributed by atoms with Crippen LogP contribution in [0.1, 0.15) is 47.1 Å². The van der Waals surface area contributed by atoms with Gasteiger partial charge >= 0.3 is 0 Å². The molecule has 0 radical (unpaired) electrons. The van der Waals surface area contributed by atoms with Gasteiger partial charge in [0.05, 0.1) is 0 Å². The van der Waals surface area contributed by atoms with Gasteiger partial charge in [-0.15, -0.1) is 0 Å². The van der Waals surface area contributed by atoms with Gasteiger partial charge in [-0.25, -0.2) is 0 Å². The molecule has 0 amide bonds. The van der Waals surface area contributed by atoms with E-state index in [0.717, 1.165) is 11.1 Å². The number of aromatic hydroxyl groups is 1. The molecule has 0 bridgehead atoms. The predicted molar refractivity (Wildman–Crippen MR) is 92.6 cm³/mol. The SMILES string of the molecule is CC(C)(C)Oc1cc(O)cc(-c2ccc(C(C)(C)C)cc2)c1. The third kappa shape index (κ3) is 4.27. The molecule has 0 saturated carbocycles. The normalized spacial score (nSPS) is 12.3. The summed E-state index contributed by atoms with van der Waals surface area (Å²) in [5.41, 5.74) is 3.17. The van der Waals surface area contributed by atoms with Crippen molar-refractivity contribution in [1.82, 2.24) is 0 Å². The first-order valence-corrected chi connectivity index (χ1v) is 7.69. The Hall–Kier alpha value is -1.96. The van der Waals surface area contributed by atoms with E-state index in [4.69, 9.17) is 4.74 Å². The molecule has 1 N–H and O–H groups in total. The van der Waals surface area contributed by atoms with Gasteiger partial charge in [0.1, 0.15) is 17.1 Å². The van der Waals surface area contributed by atoms with Crippen LogP contribution < -0.4 is 4.74 Å². The largest absolute Gasteiger partial charge is 0.508 e. The fourth-order valence-corrected chi connectivity index (χ4v) is 2.33. The zero-order chi connectivity index (χ0) is 16.5. The van der Waals surface area contributed by atoms with Gasteiger partial charge in [-0.2, -0.15) is 0 Å². The van der Waals surface area contributed by atoms with Gasteiger partial charge in [-0.3, -0.25) is 0 Å². The molecule has 2 nitrogen and oxygen atoms in total. The van der Waals surface area contributed by atoms with E-state index >= 15 is 0 Å². The Morgan fingerprint density at radius 2 is 1.36 bits per heavy atom. The highest BCUT2D eigenvalue weighted by atomic mass is 16.5. The number of hydrogen-bond donors (Lipinski definition) is 1. The van der Waals surface area contributed by atoms with Crippen LogP contribution in [-0.4, -0.2) is 10.7 Å². The summed E-state index contributed by atoms with van der Waals surface area (Å²) in [6, 6.07) is 13.9. The van der Waals surface area contributed by atoms with Crippen molar-refractivity contribution >= 4 is 0 Å². The van der Waals surface area contributed by atoms with Crippen molar-refractivity contribution in [2.75, 3.05) is 0 Å². The second kappa shape index (κ2) is 5.68. The lowest BCUT2D eigenvalue weighted by Crippen LogP contribution is -2.22. The number of hydrogen-bond acceptors (Lipinski definition) is 2. The lowest BCUT2D eigenvalue weighted by Gasteiger charge is -2.22. The first-order chi connectivity index (χ1) is 10.0. The number of ether oxygens (including phenoxy) is 1. The molecule has 0 heterocycles. The summed E-state index contributed by atoms with van der Waals surface area (Å²) < 4.78 is 5.86. The van der Waals surface area contributed by atoms with E-state index in [1.54, 1.807) is 12.1 Å². The zero-order valence-corrected chi connectivity index (χ0v) is 14.4. The Labute approximate surface area is 133 Å². The zero-order valence-electron chi connectivity index (χ0n) is 14.4. The van der Waals surface area contributed by atoms with Crippen LogP contribution in [0.15, 0.2) is 42.5 Å². The molecule has 0 aliphatic carbocycles. The monoisotopic (exact) mass is 298 g/mol. The highest BCUT2D eigenvalue weighted by Crippen LogP contribution is 2.32. The van der Waals surface area contributed by atoms with Crippen LogP contribution >= 0.6 is 0 Å². The van der Waals surface area contributed by atoms with Crippen molar-refractivity contribution < 1.29 is 9.84 Å². The molecule has 0 atom stereocenters. The quantitative estimate of drug-likeness (QED) is 0.789. The molecule has 2 aromatic carbocycles. The first kappa shape index (κ1) is 16.4. The Morgan fingerprint density at radius 3 is 1.86 bits per heavy atom. The number of phenols is 1. The average molecular weight is 298 g/mol. The van der Waals surface area contributed by atoms with Gasteiger partial charge < -0.3 is 9.84 Å². The van der Waals surface area contributed by atoms with Gasteiger partial charge in [-0.05, 0) is 55.0 Å². The Bertz CT molecular complexity index is 641. The third-order valence-electron chi connectivity index (χ3n) is 3.40. The lowest BCUT2D eigenvalue weighted by atomic mass is 9.86. The summed E-state index contributed by atoms with van der Waals surface area (Å²) >= 11 is 0. The van der Waals surface area contributed by atoms with Gasteiger partial charge in [0.25, 0.3) is 0 Å². The number of rotatable bonds is 2. The van der Waals surface area contributed by atoms with Crippen molar-refractivity contribution in [3.05, 3.63) is 48.0 Å². The van der Waals surface area contributed by atoms with Crippen LogP contribution in [0.5, 0.6) is 11.5 Å². The van der Waals surface area contributed by atoms with Crippen LogP contribution in [0.25, 0.3) is 11.1 Å². The minimum Gasteiger partial charge on any atom is -0.508 e. The fraction of sp³-hybridized carbons (Fsp3) is 0.400. The van der Waals surface area contributed by atoms with Crippen LogP contribution in [0, 0.1) is 0 Å². The predicted octanol–water partition coefficient (Wildman–Crippen LogP) is 5.53. The maximum Gasteiger partial charge on any atom is 0.124 e. The van der Waals surface area contributed by atoms with Crippen LogP contribution in [0.2, 0.25) is 0 Å². The molecule has 0 aliphatic heterocycles. The van der Waals surface area contributed by atoms with Crippen molar-refractivity contribution in [2.24, 2.45) is 0 Å². The summed E-state index contributed by atoms with van der Waals surface area (Å²) in [6.45, 7) is 12.6. The number of phenolic OH excluding ortho intramolecular Hbond substituents is 1. The Kier molecular flexibility index (Phi) is 4.23. The highest BCUT2D eigenvalue weighted by molar-refractivity contribution is 5.67. The number of benzene rings is 2. The molecule has 0 saturated heterocycles. The molecular weight excluding hydrogens is 272 g/mol. The minimum atomic E-state index is -0.291. The Balaban J connectivity index is 2.36. The molecule has 2 aromatic rings. The van der Waals surface area contributed by atoms with E-state index in [2.05, 4.69) is 45.0 Å². The van der Waals surface area contributed by atoms with Gasteiger partial charge in [-0.1, -0.05) is 45.0 Å². The van der Waals surface area contributed by atoms with Crippen molar-refractivity contribution in [2.45, 2.75) is 52.6 Å². The molecule has 0 aliphatic rings. The summed E-state index contributed by atoms with van der Waals surface area (Å²) in [5, 5.41) is 9.96. The topological polar surface area (TPSA) is 29.5 Å². The van der Waals surface area contributed by atoms with Gasteiger partial charge in [0.2, 0.25) is 0 Å². The Morgan fingerprint density at radius 1 is 0.773 bits per heavy atom. The third-order valence-corrected chi connectivity index (χ3v) is 3.40. The fourth-order valence-electron chi connectivity index (χ4n) is 2.33. The van der Waals surface area contributed by atoms with E-state index in [1.807, 2.05) is 26.8 Å². The molecule has 0 aromatic heterocycles. The van der Waals surface area contributed by atoms with E-state index < -0.39 is 0 Å². The standard InChI is InChI=1S/C20H26O2/c1-19(2,3)16-9-7-14(8-10-16)15-11-17(21)13-18(12-15)22-20(4,5)6/h7-13,21H,1-6H3. The van der Waals surface area contributed by atoms with E-state index in [-0.39, 0.29) is 16.8 Å². The maximum atomic E-state index is 9.96. The van der Waals surface area contributed by atoms with Crippen molar-refractivity contribution in [3.8, 4) is 22.6 Å². The van der Waals surface area contributed by atoms with Crippen molar-refractivity contribution in [1.29, 1.82) is 0 Å². The minimum absolute atomic E-state index is 0.137. The van der Waals surface area contributed by atoms with Gasteiger partial charge in [0.15, 0.2) is 0 Å². The summed E-state index contributed by atoms with van der Waals surface area (Å²) in [6.07, 6.45) is 0. The molecule has 2 heteroatoms. The van der Waals surface area contributed by atoms with Crippen LogP contribution in [0.4, 0.5) is 0 Å². The molecular formula is C20H26O2. The smallest absolute Gasteiger partial charge is 0.124 e. The molecule has 0 unspecified atom stereocenters. The molecule has 22 heavy (non-hydrogen) atoms. The highest BCUT2D eigenvalue weighted by Gasteiger charge is 2.15.